The molecule has 2 aliphatic rings. The third-order valence-electron chi connectivity index (χ3n) is 4.71. The Morgan fingerprint density at radius 1 is 0.913 bits per heavy atom. The number of halogens is 4. The van der Waals surface area contributed by atoms with Crippen molar-refractivity contribution in [2.45, 2.75) is 18.4 Å². The summed E-state index contributed by atoms with van der Waals surface area (Å²) in [5.41, 5.74) is 3.03. The van der Waals surface area contributed by atoms with Crippen molar-refractivity contribution in [3.63, 3.8) is 0 Å². The van der Waals surface area contributed by atoms with Crippen molar-refractivity contribution in [3.8, 4) is 0 Å². The lowest BCUT2D eigenvalue weighted by atomic mass is 9.77. The van der Waals surface area contributed by atoms with Crippen molar-refractivity contribution < 1.29 is 0 Å². The van der Waals surface area contributed by atoms with Crippen LogP contribution in [0, 0.1) is 5.92 Å². The van der Waals surface area contributed by atoms with Crippen LogP contribution in [0.4, 0.5) is 5.69 Å². The molecule has 2 aromatic rings. The normalized spacial score (nSPS) is 25.0. The summed E-state index contributed by atoms with van der Waals surface area (Å²) in [6.07, 6.45) is 5.41. The standard InChI is InChI=1S/C18H13Cl4N/c19-9-4-5-12(15(22)8-9)17-11-3-1-2-10(11)16-13(20)6-7-14(21)18(16)23-17/h1-2,4-8,10-11,17,23H,3H2. The molecule has 0 fully saturated rings. The molecule has 1 heterocycles. The molecule has 0 amide bonds. The fourth-order valence-corrected chi connectivity index (χ4v) is 4.72. The monoisotopic (exact) mass is 383 g/mol. The van der Waals surface area contributed by atoms with Gasteiger partial charge in [0, 0.05) is 26.5 Å². The summed E-state index contributed by atoms with van der Waals surface area (Å²) in [5.74, 6) is 0.603. The largest absolute Gasteiger partial charge is 0.376 e. The quantitative estimate of drug-likeness (QED) is 0.515. The Morgan fingerprint density at radius 2 is 1.70 bits per heavy atom. The van der Waals surface area contributed by atoms with E-state index in [-0.39, 0.29) is 12.0 Å². The van der Waals surface area contributed by atoms with E-state index in [1.807, 2.05) is 24.3 Å². The Kier molecular flexibility index (Phi) is 4.01. The highest BCUT2D eigenvalue weighted by Crippen LogP contribution is 2.54. The molecule has 0 aromatic heterocycles. The van der Waals surface area contributed by atoms with Gasteiger partial charge in [-0.05, 0) is 42.2 Å². The number of hydrogen-bond donors (Lipinski definition) is 1. The van der Waals surface area contributed by atoms with Crippen LogP contribution in [0.2, 0.25) is 20.1 Å². The Labute approximate surface area is 155 Å². The minimum absolute atomic E-state index is 0.0724. The van der Waals surface area contributed by atoms with Gasteiger partial charge in [-0.2, -0.15) is 0 Å². The zero-order valence-corrected chi connectivity index (χ0v) is 15.0. The summed E-state index contributed by atoms with van der Waals surface area (Å²) < 4.78 is 0. The van der Waals surface area contributed by atoms with E-state index in [1.54, 1.807) is 6.07 Å². The van der Waals surface area contributed by atoms with Gasteiger partial charge in [0.1, 0.15) is 0 Å². The molecule has 2 aromatic carbocycles. The highest BCUT2D eigenvalue weighted by atomic mass is 35.5. The maximum atomic E-state index is 6.45. The Balaban J connectivity index is 1.86. The van der Waals surface area contributed by atoms with E-state index < -0.39 is 0 Å². The van der Waals surface area contributed by atoms with Gasteiger partial charge in [0.05, 0.1) is 16.8 Å². The third kappa shape index (κ3) is 2.55. The van der Waals surface area contributed by atoms with Crippen molar-refractivity contribution in [3.05, 3.63) is 73.7 Å². The Bertz CT molecular complexity index is 815. The summed E-state index contributed by atoms with van der Waals surface area (Å²) in [7, 11) is 0. The number of nitrogens with one attached hydrogen (secondary N) is 1. The molecule has 1 nitrogen and oxygen atoms in total. The summed E-state index contributed by atoms with van der Waals surface area (Å²) in [6, 6.07) is 9.41. The minimum atomic E-state index is 0.0724. The second-order valence-electron chi connectivity index (χ2n) is 5.96. The highest BCUT2D eigenvalue weighted by molar-refractivity contribution is 6.36. The summed E-state index contributed by atoms with van der Waals surface area (Å²) in [4.78, 5) is 0. The number of fused-ring (bicyclic) bond motifs is 3. The van der Waals surface area contributed by atoms with Gasteiger partial charge < -0.3 is 5.32 Å². The van der Waals surface area contributed by atoms with Gasteiger partial charge in [-0.15, -0.1) is 0 Å². The van der Waals surface area contributed by atoms with Crippen molar-refractivity contribution in [2.24, 2.45) is 5.92 Å². The molecule has 1 N–H and O–H groups in total. The molecule has 4 rings (SSSR count). The van der Waals surface area contributed by atoms with E-state index in [0.717, 1.165) is 28.3 Å². The van der Waals surface area contributed by atoms with Crippen LogP contribution in [-0.2, 0) is 0 Å². The summed E-state index contributed by atoms with van der Waals surface area (Å²) in [6.45, 7) is 0. The molecule has 1 aliphatic carbocycles. The fourth-order valence-electron chi connectivity index (χ4n) is 3.69. The lowest BCUT2D eigenvalue weighted by Gasteiger charge is -2.38. The van der Waals surface area contributed by atoms with E-state index in [1.165, 1.54) is 0 Å². The SMILES string of the molecule is Clc1ccc(C2Nc3c(Cl)ccc(Cl)c3C3C=CCC32)c(Cl)c1. The van der Waals surface area contributed by atoms with Gasteiger partial charge in [-0.1, -0.05) is 64.6 Å². The lowest BCUT2D eigenvalue weighted by Crippen LogP contribution is -2.29. The van der Waals surface area contributed by atoms with Gasteiger partial charge in [0.15, 0.2) is 0 Å². The van der Waals surface area contributed by atoms with E-state index >= 15 is 0 Å². The molecule has 0 saturated heterocycles. The predicted octanol–water partition coefficient (Wildman–Crippen LogP) is 7.13. The molecule has 3 unspecified atom stereocenters. The van der Waals surface area contributed by atoms with E-state index in [9.17, 15) is 0 Å². The first-order chi connectivity index (χ1) is 11.1. The number of anilines is 1. The van der Waals surface area contributed by atoms with E-state index in [0.29, 0.717) is 21.0 Å². The Morgan fingerprint density at radius 3 is 2.48 bits per heavy atom. The van der Waals surface area contributed by atoms with Gasteiger partial charge in [0.25, 0.3) is 0 Å². The molecule has 3 atom stereocenters. The van der Waals surface area contributed by atoms with Crippen LogP contribution < -0.4 is 5.32 Å². The molecule has 118 valence electrons. The van der Waals surface area contributed by atoms with Gasteiger partial charge in [-0.3, -0.25) is 0 Å². The second-order valence-corrected chi connectivity index (χ2v) is 7.62. The first-order valence-corrected chi connectivity index (χ1v) is 8.93. The van der Waals surface area contributed by atoms with Crippen molar-refractivity contribution >= 4 is 52.1 Å². The molecule has 1 aliphatic heterocycles. The average Bonchev–Trinajstić information content (AvgIpc) is 3.00. The minimum Gasteiger partial charge on any atom is -0.376 e. The lowest BCUT2D eigenvalue weighted by molar-refractivity contribution is 0.426. The smallest absolute Gasteiger partial charge is 0.0641 e. The molecular formula is C18H13Cl4N. The number of rotatable bonds is 1. The summed E-state index contributed by atoms with van der Waals surface area (Å²) in [5, 5.41) is 6.30. The first-order valence-electron chi connectivity index (χ1n) is 7.42. The zero-order valence-electron chi connectivity index (χ0n) is 12.0. The van der Waals surface area contributed by atoms with Crippen molar-refractivity contribution in [1.29, 1.82) is 0 Å². The molecule has 0 spiro atoms. The molecule has 0 radical (unpaired) electrons. The average molecular weight is 385 g/mol. The van der Waals surface area contributed by atoms with Crippen LogP contribution in [0.15, 0.2) is 42.5 Å². The van der Waals surface area contributed by atoms with Crippen molar-refractivity contribution in [1.82, 2.24) is 0 Å². The van der Waals surface area contributed by atoms with Gasteiger partial charge in [0.2, 0.25) is 0 Å². The summed E-state index contributed by atoms with van der Waals surface area (Å²) >= 11 is 25.4. The molecular weight excluding hydrogens is 372 g/mol. The van der Waals surface area contributed by atoms with Crippen LogP contribution in [0.1, 0.15) is 29.5 Å². The first kappa shape index (κ1) is 15.7. The molecule has 5 heteroatoms. The predicted molar refractivity (Wildman–Crippen MR) is 99.3 cm³/mol. The van der Waals surface area contributed by atoms with Crippen LogP contribution in [0.5, 0.6) is 0 Å². The topological polar surface area (TPSA) is 12.0 Å². The van der Waals surface area contributed by atoms with E-state index in [2.05, 4.69) is 17.5 Å². The number of allylic oxidation sites excluding steroid dienone is 2. The zero-order chi connectivity index (χ0) is 16.1. The fraction of sp³-hybridized carbons (Fsp3) is 0.222. The van der Waals surface area contributed by atoms with Gasteiger partial charge in [-0.25, -0.2) is 0 Å². The van der Waals surface area contributed by atoms with Gasteiger partial charge >= 0.3 is 0 Å². The van der Waals surface area contributed by atoms with Crippen LogP contribution in [-0.4, -0.2) is 0 Å². The van der Waals surface area contributed by atoms with E-state index in [4.69, 9.17) is 46.4 Å². The third-order valence-corrected chi connectivity index (χ3v) is 5.92. The maximum Gasteiger partial charge on any atom is 0.0641 e. The Hall–Kier alpha value is -0.860. The molecule has 0 bridgehead atoms. The molecule has 0 saturated carbocycles. The van der Waals surface area contributed by atoms with Crippen LogP contribution >= 0.6 is 46.4 Å². The number of hydrogen-bond acceptors (Lipinski definition) is 1. The number of benzene rings is 2. The second kappa shape index (κ2) is 5.89. The maximum absolute atomic E-state index is 6.45. The van der Waals surface area contributed by atoms with Crippen LogP contribution in [0.25, 0.3) is 0 Å². The molecule has 23 heavy (non-hydrogen) atoms. The van der Waals surface area contributed by atoms with Crippen LogP contribution in [0.3, 0.4) is 0 Å². The highest BCUT2D eigenvalue weighted by Gasteiger charge is 2.40. The van der Waals surface area contributed by atoms with Crippen molar-refractivity contribution in [2.75, 3.05) is 5.32 Å².